The van der Waals surface area contributed by atoms with E-state index >= 15 is 0 Å². The predicted octanol–water partition coefficient (Wildman–Crippen LogP) is 3.16. The minimum Gasteiger partial charge on any atom is -0.493 e. The molecule has 0 aliphatic heterocycles. The molecule has 0 unspecified atom stereocenters. The molecule has 0 spiro atoms. The van der Waals surface area contributed by atoms with E-state index in [0.717, 1.165) is 36.1 Å². The zero-order valence-corrected chi connectivity index (χ0v) is 9.37. The van der Waals surface area contributed by atoms with Gasteiger partial charge in [0.25, 0.3) is 0 Å². The Hall–Kier alpha value is -1.57. The summed E-state index contributed by atoms with van der Waals surface area (Å²) in [6, 6.07) is 5.76. The van der Waals surface area contributed by atoms with E-state index in [0.29, 0.717) is 13.0 Å². The molecule has 84 valence electrons. The number of rotatable bonds is 4. The molecule has 1 aromatic carbocycles. The summed E-state index contributed by atoms with van der Waals surface area (Å²) in [7, 11) is 0. The molecule has 0 atom stereocenters. The molecule has 1 aliphatic carbocycles. The number of carbonyl (C=O) groups is 1. The van der Waals surface area contributed by atoms with Crippen LogP contribution in [0.15, 0.2) is 30.9 Å². The van der Waals surface area contributed by atoms with E-state index in [9.17, 15) is 4.79 Å². The second-order valence-corrected chi connectivity index (χ2v) is 4.02. The zero-order chi connectivity index (χ0) is 11.4. The van der Waals surface area contributed by atoms with Gasteiger partial charge in [0, 0.05) is 12.0 Å². The number of ether oxygens (including phenoxy) is 1. The summed E-state index contributed by atoms with van der Waals surface area (Å²) in [5, 5.41) is 0. The molecule has 16 heavy (non-hydrogen) atoms. The first-order chi connectivity index (χ1) is 7.81. The Labute approximate surface area is 95.9 Å². The Morgan fingerprint density at radius 1 is 1.38 bits per heavy atom. The lowest BCUT2D eigenvalue weighted by Gasteiger charge is -2.15. The molecule has 0 heterocycles. The van der Waals surface area contributed by atoms with Gasteiger partial charge in [-0.1, -0.05) is 6.08 Å². The number of fused-ring (bicyclic) bond motifs is 1. The lowest BCUT2D eigenvalue weighted by Crippen LogP contribution is -2.10. The SMILES string of the molecule is C=CCCOc1ccc2c(c1)CCCC2=O. The lowest BCUT2D eigenvalue weighted by molar-refractivity contribution is 0.0972. The minimum atomic E-state index is 0.263. The van der Waals surface area contributed by atoms with Crippen molar-refractivity contribution in [1.82, 2.24) is 0 Å². The molecule has 0 aromatic heterocycles. The number of Topliss-reactive ketones (excluding diaryl/α,β-unsaturated/α-hetero) is 1. The van der Waals surface area contributed by atoms with Crippen molar-refractivity contribution in [3.63, 3.8) is 0 Å². The first-order valence-corrected chi connectivity index (χ1v) is 5.71. The molecule has 0 saturated heterocycles. The fourth-order valence-electron chi connectivity index (χ4n) is 1.97. The van der Waals surface area contributed by atoms with Crippen LogP contribution in [-0.4, -0.2) is 12.4 Å². The number of carbonyl (C=O) groups excluding carboxylic acids is 1. The van der Waals surface area contributed by atoms with E-state index < -0.39 is 0 Å². The quantitative estimate of drug-likeness (QED) is 0.571. The number of hydrogen-bond donors (Lipinski definition) is 0. The van der Waals surface area contributed by atoms with Crippen molar-refractivity contribution in [2.24, 2.45) is 0 Å². The van der Waals surface area contributed by atoms with E-state index in [1.807, 2.05) is 24.3 Å². The molecule has 0 amide bonds. The van der Waals surface area contributed by atoms with Crippen LogP contribution < -0.4 is 4.74 Å². The number of hydrogen-bond acceptors (Lipinski definition) is 2. The van der Waals surface area contributed by atoms with Gasteiger partial charge in [-0.2, -0.15) is 0 Å². The van der Waals surface area contributed by atoms with Gasteiger partial charge in [-0.3, -0.25) is 4.79 Å². The smallest absolute Gasteiger partial charge is 0.163 e. The number of aryl methyl sites for hydroxylation is 1. The van der Waals surface area contributed by atoms with Crippen LogP contribution in [0.3, 0.4) is 0 Å². The monoisotopic (exact) mass is 216 g/mol. The van der Waals surface area contributed by atoms with Crippen molar-refractivity contribution in [1.29, 1.82) is 0 Å². The van der Waals surface area contributed by atoms with Gasteiger partial charge < -0.3 is 4.74 Å². The van der Waals surface area contributed by atoms with Crippen LogP contribution >= 0.6 is 0 Å². The molecular weight excluding hydrogens is 200 g/mol. The minimum absolute atomic E-state index is 0.263. The fraction of sp³-hybridized carbons (Fsp3) is 0.357. The third-order valence-corrected chi connectivity index (χ3v) is 2.82. The van der Waals surface area contributed by atoms with Gasteiger partial charge in [-0.25, -0.2) is 0 Å². The molecule has 0 saturated carbocycles. The number of benzene rings is 1. The standard InChI is InChI=1S/C14H16O2/c1-2-3-9-16-12-7-8-13-11(10-12)5-4-6-14(13)15/h2,7-8,10H,1,3-6,9H2. The summed E-state index contributed by atoms with van der Waals surface area (Å²) in [5.74, 6) is 1.12. The summed E-state index contributed by atoms with van der Waals surface area (Å²) in [5.41, 5.74) is 2.01. The molecule has 0 fully saturated rings. The van der Waals surface area contributed by atoms with Gasteiger partial charge in [0.05, 0.1) is 6.61 Å². The summed E-state index contributed by atoms with van der Waals surface area (Å²) in [6.07, 6.45) is 5.31. The second-order valence-electron chi connectivity index (χ2n) is 4.02. The van der Waals surface area contributed by atoms with Crippen molar-refractivity contribution in [2.75, 3.05) is 6.61 Å². The van der Waals surface area contributed by atoms with Crippen LogP contribution in [0.5, 0.6) is 5.75 Å². The lowest BCUT2D eigenvalue weighted by atomic mass is 9.90. The molecule has 0 bridgehead atoms. The molecule has 1 aliphatic rings. The highest BCUT2D eigenvalue weighted by atomic mass is 16.5. The Kier molecular flexibility index (Phi) is 3.40. The van der Waals surface area contributed by atoms with Crippen LogP contribution in [0, 0.1) is 0 Å². The van der Waals surface area contributed by atoms with E-state index in [-0.39, 0.29) is 5.78 Å². The fourth-order valence-corrected chi connectivity index (χ4v) is 1.97. The van der Waals surface area contributed by atoms with Crippen LogP contribution in [0.1, 0.15) is 35.2 Å². The van der Waals surface area contributed by atoms with Gasteiger partial charge in [0.2, 0.25) is 0 Å². The van der Waals surface area contributed by atoms with Gasteiger partial charge in [0.1, 0.15) is 5.75 Å². The summed E-state index contributed by atoms with van der Waals surface area (Å²) in [4.78, 5) is 11.6. The van der Waals surface area contributed by atoms with Crippen LogP contribution in [0.4, 0.5) is 0 Å². The van der Waals surface area contributed by atoms with E-state index in [2.05, 4.69) is 6.58 Å². The highest BCUT2D eigenvalue weighted by molar-refractivity contribution is 5.98. The predicted molar refractivity (Wildman–Crippen MR) is 64.0 cm³/mol. The maximum absolute atomic E-state index is 11.6. The molecule has 2 nitrogen and oxygen atoms in total. The maximum Gasteiger partial charge on any atom is 0.163 e. The molecule has 2 rings (SSSR count). The van der Waals surface area contributed by atoms with Crippen LogP contribution in [-0.2, 0) is 6.42 Å². The molecule has 1 aromatic rings. The Bertz CT molecular complexity index is 407. The number of ketones is 1. The largest absolute Gasteiger partial charge is 0.493 e. The zero-order valence-electron chi connectivity index (χ0n) is 9.37. The Balaban J connectivity index is 2.12. The average Bonchev–Trinajstić information content (AvgIpc) is 2.30. The van der Waals surface area contributed by atoms with Crippen LogP contribution in [0.25, 0.3) is 0 Å². The van der Waals surface area contributed by atoms with Crippen molar-refractivity contribution < 1.29 is 9.53 Å². The summed E-state index contributed by atoms with van der Waals surface area (Å²) in [6.45, 7) is 4.30. The first kappa shape index (κ1) is 10.9. The topological polar surface area (TPSA) is 26.3 Å². The third-order valence-electron chi connectivity index (χ3n) is 2.82. The van der Waals surface area contributed by atoms with Crippen molar-refractivity contribution >= 4 is 5.78 Å². The second kappa shape index (κ2) is 4.97. The van der Waals surface area contributed by atoms with E-state index in [1.54, 1.807) is 0 Å². The van der Waals surface area contributed by atoms with Crippen molar-refractivity contribution in [2.45, 2.75) is 25.7 Å². The third kappa shape index (κ3) is 2.32. The highest BCUT2D eigenvalue weighted by Gasteiger charge is 2.17. The molecular formula is C14H16O2. The molecule has 0 N–H and O–H groups in total. The van der Waals surface area contributed by atoms with Crippen LogP contribution in [0.2, 0.25) is 0 Å². The first-order valence-electron chi connectivity index (χ1n) is 5.71. The van der Waals surface area contributed by atoms with E-state index in [4.69, 9.17) is 4.74 Å². The van der Waals surface area contributed by atoms with Gasteiger partial charge in [-0.15, -0.1) is 6.58 Å². The Morgan fingerprint density at radius 2 is 2.25 bits per heavy atom. The van der Waals surface area contributed by atoms with E-state index in [1.165, 1.54) is 0 Å². The summed E-state index contributed by atoms with van der Waals surface area (Å²) < 4.78 is 5.57. The van der Waals surface area contributed by atoms with Gasteiger partial charge in [-0.05, 0) is 43.0 Å². The molecule has 2 heteroatoms. The Morgan fingerprint density at radius 3 is 3.06 bits per heavy atom. The van der Waals surface area contributed by atoms with Crippen molar-refractivity contribution in [3.05, 3.63) is 42.0 Å². The van der Waals surface area contributed by atoms with Gasteiger partial charge in [0.15, 0.2) is 5.78 Å². The van der Waals surface area contributed by atoms with Crippen molar-refractivity contribution in [3.8, 4) is 5.75 Å². The summed E-state index contributed by atoms with van der Waals surface area (Å²) >= 11 is 0. The van der Waals surface area contributed by atoms with Gasteiger partial charge >= 0.3 is 0 Å². The normalized spacial score (nSPS) is 14.4. The maximum atomic E-state index is 11.6. The highest BCUT2D eigenvalue weighted by Crippen LogP contribution is 2.25. The molecule has 0 radical (unpaired) electrons. The average molecular weight is 216 g/mol.